The number of hydrogen-bond acceptors (Lipinski definition) is 5. The molecule has 30 heavy (non-hydrogen) atoms. The highest BCUT2D eigenvalue weighted by Crippen LogP contribution is 2.35. The fourth-order valence-corrected chi connectivity index (χ4v) is 3.41. The van der Waals surface area contributed by atoms with Gasteiger partial charge in [0, 0.05) is 22.3 Å². The van der Waals surface area contributed by atoms with Gasteiger partial charge in [-0.3, -0.25) is 9.59 Å². The van der Waals surface area contributed by atoms with E-state index in [2.05, 4.69) is 15.7 Å². The lowest BCUT2D eigenvalue weighted by Gasteiger charge is -2.23. The van der Waals surface area contributed by atoms with Crippen LogP contribution < -0.4 is 20.1 Å². The Balaban J connectivity index is 1.65. The number of benzene rings is 2. The highest BCUT2D eigenvalue weighted by atomic mass is 35.5. The molecule has 0 saturated heterocycles. The zero-order valence-electron chi connectivity index (χ0n) is 16.3. The number of aromatic nitrogens is 2. The summed E-state index contributed by atoms with van der Waals surface area (Å²) in [5.74, 6) is 1.01. The number of halogens is 1. The van der Waals surface area contributed by atoms with Gasteiger partial charge in [0.25, 0.3) is 0 Å². The van der Waals surface area contributed by atoms with Crippen LogP contribution in [0.2, 0.25) is 5.02 Å². The summed E-state index contributed by atoms with van der Waals surface area (Å²) in [6.07, 6.45) is -0.0144. The van der Waals surface area contributed by atoms with Gasteiger partial charge >= 0.3 is 0 Å². The standard InChI is InChI=1S/C21H19ClN4O4/c1-29-17-8-3-12(9-18(17)30-2)15-10-19-24-20(27)11-16(26(19)25-15)21(28)23-14-6-4-13(22)5-7-14/h3-10,16H,11H2,1-2H3,(H,23,28)(H,24,27)/t16-/m1/s1. The maximum Gasteiger partial charge on any atom is 0.249 e. The van der Waals surface area contributed by atoms with Crippen LogP contribution in [0.25, 0.3) is 11.3 Å². The second kappa shape index (κ2) is 8.08. The van der Waals surface area contributed by atoms with Crippen LogP contribution in [-0.4, -0.2) is 35.8 Å². The van der Waals surface area contributed by atoms with Crippen LogP contribution in [0.1, 0.15) is 12.5 Å². The minimum Gasteiger partial charge on any atom is -0.493 e. The summed E-state index contributed by atoms with van der Waals surface area (Å²) in [4.78, 5) is 25.1. The molecule has 2 aromatic carbocycles. The SMILES string of the molecule is COc1ccc(-c2cc3n(n2)[C@@H](C(=O)Nc2ccc(Cl)cc2)CC(=O)N3)cc1OC. The first-order valence-corrected chi connectivity index (χ1v) is 9.54. The summed E-state index contributed by atoms with van der Waals surface area (Å²) in [5, 5.41) is 10.7. The van der Waals surface area contributed by atoms with Crippen LogP contribution in [-0.2, 0) is 9.59 Å². The Morgan fingerprint density at radius 2 is 1.87 bits per heavy atom. The van der Waals surface area contributed by atoms with E-state index in [0.29, 0.717) is 33.7 Å². The largest absolute Gasteiger partial charge is 0.493 e. The minimum atomic E-state index is -0.779. The molecule has 0 unspecified atom stereocenters. The smallest absolute Gasteiger partial charge is 0.249 e. The molecule has 2 N–H and O–H groups in total. The maximum atomic E-state index is 12.9. The number of hydrogen-bond donors (Lipinski definition) is 2. The number of carbonyl (C=O) groups is 2. The molecule has 0 radical (unpaired) electrons. The molecule has 0 aliphatic carbocycles. The van der Waals surface area contributed by atoms with Crippen molar-refractivity contribution in [3.63, 3.8) is 0 Å². The van der Waals surface area contributed by atoms with E-state index in [1.165, 1.54) is 4.68 Å². The predicted molar refractivity (Wildman–Crippen MR) is 113 cm³/mol. The Hall–Kier alpha value is -3.52. The summed E-state index contributed by atoms with van der Waals surface area (Å²) in [7, 11) is 3.11. The van der Waals surface area contributed by atoms with Gasteiger partial charge in [-0.25, -0.2) is 4.68 Å². The molecule has 0 saturated carbocycles. The summed E-state index contributed by atoms with van der Waals surface area (Å²) in [6, 6.07) is 13.1. The van der Waals surface area contributed by atoms with Gasteiger partial charge in [0.1, 0.15) is 11.9 Å². The molecule has 154 valence electrons. The van der Waals surface area contributed by atoms with Gasteiger partial charge in [-0.05, 0) is 42.5 Å². The molecule has 9 heteroatoms. The number of ether oxygens (including phenoxy) is 2. The lowest BCUT2D eigenvalue weighted by atomic mass is 10.1. The maximum absolute atomic E-state index is 12.9. The van der Waals surface area contributed by atoms with Gasteiger partial charge in [-0.1, -0.05) is 11.6 Å². The molecule has 4 rings (SSSR count). The fraction of sp³-hybridized carbons (Fsp3) is 0.190. The Kier molecular flexibility index (Phi) is 5.33. The van der Waals surface area contributed by atoms with E-state index >= 15 is 0 Å². The summed E-state index contributed by atoms with van der Waals surface area (Å²) < 4.78 is 12.1. The quantitative estimate of drug-likeness (QED) is 0.648. The fourth-order valence-electron chi connectivity index (χ4n) is 3.28. The summed E-state index contributed by atoms with van der Waals surface area (Å²) >= 11 is 5.89. The normalized spacial score (nSPS) is 15.2. The molecule has 0 bridgehead atoms. The summed E-state index contributed by atoms with van der Waals surface area (Å²) in [6.45, 7) is 0. The van der Waals surface area contributed by atoms with Crippen LogP contribution in [0.15, 0.2) is 48.5 Å². The van der Waals surface area contributed by atoms with Crippen LogP contribution >= 0.6 is 11.6 Å². The van der Waals surface area contributed by atoms with E-state index in [1.807, 2.05) is 6.07 Å². The molecule has 8 nitrogen and oxygen atoms in total. The second-order valence-corrected chi connectivity index (χ2v) is 7.13. The van der Waals surface area contributed by atoms with Crippen LogP contribution in [0.5, 0.6) is 11.5 Å². The van der Waals surface area contributed by atoms with Crippen molar-refractivity contribution in [3.8, 4) is 22.8 Å². The number of anilines is 2. The van der Waals surface area contributed by atoms with Crippen molar-refractivity contribution in [2.75, 3.05) is 24.9 Å². The van der Waals surface area contributed by atoms with Crippen LogP contribution in [0.3, 0.4) is 0 Å². The molecular weight excluding hydrogens is 408 g/mol. The number of nitrogens with one attached hydrogen (secondary N) is 2. The molecular formula is C21H19ClN4O4. The molecule has 1 aliphatic heterocycles. The van der Waals surface area contributed by atoms with Crippen molar-refractivity contribution in [1.29, 1.82) is 0 Å². The van der Waals surface area contributed by atoms with E-state index in [9.17, 15) is 9.59 Å². The van der Waals surface area contributed by atoms with Gasteiger partial charge in [0.05, 0.1) is 26.3 Å². The van der Waals surface area contributed by atoms with Crippen molar-refractivity contribution in [3.05, 3.63) is 53.6 Å². The third kappa shape index (κ3) is 3.81. The van der Waals surface area contributed by atoms with Gasteiger partial charge < -0.3 is 20.1 Å². The number of fused-ring (bicyclic) bond motifs is 1. The number of carbonyl (C=O) groups excluding carboxylic acids is 2. The lowest BCUT2D eigenvalue weighted by Crippen LogP contribution is -2.35. The van der Waals surface area contributed by atoms with E-state index in [1.54, 1.807) is 56.7 Å². The monoisotopic (exact) mass is 426 g/mol. The van der Waals surface area contributed by atoms with E-state index in [-0.39, 0.29) is 18.2 Å². The molecule has 0 fully saturated rings. The topological polar surface area (TPSA) is 94.5 Å². The van der Waals surface area contributed by atoms with Gasteiger partial charge in [-0.2, -0.15) is 5.10 Å². The van der Waals surface area contributed by atoms with E-state index in [4.69, 9.17) is 21.1 Å². The van der Waals surface area contributed by atoms with Crippen molar-refractivity contribution in [2.24, 2.45) is 0 Å². The first kappa shape index (κ1) is 19.8. The number of nitrogens with zero attached hydrogens (tertiary/aromatic N) is 2. The Labute approximate surface area is 177 Å². The molecule has 2 amide bonds. The van der Waals surface area contributed by atoms with Crippen molar-refractivity contribution >= 4 is 34.9 Å². The third-order valence-electron chi connectivity index (χ3n) is 4.77. The second-order valence-electron chi connectivity index (χ2n) is 6.69. The molecule has 3 aromatic rings. The van der Waals surface area contributed by atoms with Crippen molar-refractivity contribution in [1.82, 2.24) is 9.78 Å². The first-order valence-electron chi connectivity index (χ1n) is 9.16. The average molecular weight is 427 g/mol. The van der Waals surface area contributed by atoms with Crippen LogP contribution in [0, 0.1) is 0 Å². The molecule has 0 spiro atoms. The van der Waals surface area contributed by atoms with Crippen molar-refractivity contribution < 1.29 is 19.1 Å². The van der Waals surface area contributed by atoms with E-state index < -0.39 is 6.04 Å². The Bertz CT molecular complexity index is 1110. The van der Waals surface area contributed by atoms with Gasteiger partial charge in [0.15, 0.2) is 11.5 Å². The predicted octanol–water partition coefficient (Wildman–Crippen LogP) is 3.74. The lowest BCUT2D eigenvalue weighted by molar-refractivity contribution is -0.125. The Morgan fingerprint density at radius 3 is 2.57 bits per heavy atom. The van der Waals surface area contributed by atoms with Crippen LogP contribution in [0.4, 0.5) is 11.5 Å². The summed E-state index contributed by atoms with van der Waals surface area (Å²) in [5.41, 5.74) is 1.95. The molecule has 1 aromatic heterocycles. The third-order valence-corrected chi connectivity index (χ3v) is 5.02. The number of rotatable bonds is 5. The first-order chi connectivity index (χ1) is 14.5. The molecule has 1 atom stereocenters. The zero-order chi connectivity index (χ0) is 21.3. The molecule has 2 heterocycles. The number of methoxy groups -OCH3 is 2. The minimum absolute atomic E-state index is 0.0144. The van der Waals surface area contributed by atoms with E-state index in [0.717, 1.165) is 5.56 Å². The number of amides is 2. The molecule has 1 aliphatic rings. The zero-order valence-corrected chi connectivity index (χ0v) is 17.1. The van der Waals surface area contributed by atoms with Gasteiger partial charge in [0.2, 0.25) is 11.8 Å². The highest BCUT2D eigenvalue weighted by Gasteiger charge is 2.32. The Morgan fingerprint density at radius 1 is 1.13 bits per heavy atom. The van der Waals surface area contributed by atoms with Crippen molar-refractivity contribution in [2.45, 2.75) is 12.5 Å². The van der Waals surface area contributed by atoms with Gasteiger partial charge in [-0.15, -0.1) is 0 Å². The average Bonchev–Trinajstić information content (AvgIpc) is 3.18. The highest BCUT2D eigenvalue weighted by molar-refractivity contribution is 6.30.